The van der Waals surface area contributed by atoms with Crippen LogP contribution >= 0.6 is 0 Å². The summed E-state index contributed by atoms with van der Waals surface area (Å²) in [5, 5.41) is 27.5. The van der Waals surface area contributed by atoms with Crippen LogP contribution in [0.25, 0.3) is 0 Å². The van der Waals surface area contributed by atoms with Crippen LogP contribution in [0.4, 0.5) is 22.7 Å². The number of benzene rings is 6. The quantitative estimate of drug-likeness (QED) is 0.0937. The third kappa shape index (κ3) is 8.70. The lowest BCUT2D eigenvalue weighted by atomic mass is 9.78. The van der Waals surface area contributed by atoms with Gasteiger partial charge in [0.2, 0.25) is 0 Å². The van der Waals surface area contributed by atoms with E-state index in [1.54, 1.807) is 48.5 Å². The molecule has 0 bridgehead atoms. The van der Waals surface area contributed by atoms with Crippen LogP contribution in [-0.4, -0.2) is 21.7 Å². The number of non-ortho nitro benzene ring substituents is 2. The fourth-order valence-corrected chi connectivity index (χ4v) is 5.46. The van der Waals surface area contributed by atoms with Gasteiger partial charge in [-0.2, -0.15) is 0 Å². The zero-order chi connectivity index (χ0) is 37.5. The SMILES string of the molecule is CC(C)(c1ccc(Oc2ccc(NC(=O)c3cccc([N+](=O)[O-])c3)cc2)cc1)c1ccc(Oc2ccc(NC(=O)c3cccc([N+](=O)[O-])c3)cc2)cc1. The number of amides is 2. The summed E-state index contributed by atoms with van der Waals surface area (Å²) >= 11 is 0. The molecular formula is C41H32N4O8. The second kappa shape index (κ2) is 15.3. The Kier molecular flexibility index (Phi) is 10.2. The summed E-state index contributed by atoms with van der Waals surface area (Å²) in [5.41, 5.74) is 2.88. The molecule has 0 aliphatic carbocycles. The van der Waals surface area contributed by atoms with Crippen molar-refractivity contribution >= 4 is 34.6 Å². The first-order chi connectivity index (χ1) is 25.4. The molecule has 0 saturated carbocycles. The average molecular weight is 709 g/mol. The molecule has 0 heterocycles. The van der Waals surface area contributed by atoms with Crippen LogP contribution in [0.1, 0.15) is 45.7 Å². The van der Waals surface area contributed by atoms with Crippen molar-refractivity contribution in [1.82, 2.24) is 0 Å². The van der Waals surface area contributed by atoms with Crippen molar-refractivity contribution in [3.05, 3.63) is 188 Å². The van der Waals surface area contributed by atoms with Crippen LogP contribution in [0.3, 0.4) is 0 Å². The number of nitrogens with one attached hydrogen (secondary N) is 2. The standard InChI is InChI=1S/C41H32N4O8/c1-41(2,29-9-17-35(18-10-29)52-37-21-13-31(14-22-37)42-39(46)27-5-3-7-33(25-27)44(48)49)30-11-19-36(20-12-30)53-38-23-15-32(16-24-38)43-40(47)28-6-4-8-34(26-28)45(50)51/h3-26H,1-2H3,(H,42,46)(H,43,47). The number of nitro benzene ring substituents is 2. The van der Waals surface area contributed by atoms with E-state index in [1.807, 2.05) is 48.5 Å². The monoisotopic (exact) mass is 708 g/mol. The largest absolute Gasteiger partial charge is 0.457 e. The summed E-state index contributed by atoms with van der Waals surface area (Å²) in [4.78, 5) is 46.1. The summed E-state index contributed by atoms with van der Waals surface area (Å²) in [5.74, 6) is 1.50. The normalized spacial score (nSPS) is 10.9. The van der Waals surface area contributed by atoms with Gasteiger partial charge in [-0.05, 0) is 96.1 Å². The third-order valence-electron chi connectivity index (χ3n) is 8.49. The summed E-state index contributed by atoms with van der Waals surface area (Å²) in [6, 6.07) is 40.3. The molecule has 12 nitrogen and oxygen atoms in total. The number of anilines is 2. The van der Waals surface area contributed by atoms with Gasteiger partial charge >= 0.3 is 0 Å². The molecule has 264 valence electrons. The van der Waals surface area contributed by atoms with Gasteiger partial charge in [0.05, 0.1) is 9.85 Å². The molecule has 0 atom stereocenters. The van der Waals surface area contributed by atoms with Crippen molar-refractivity contribution in [3.63, 3.8) is 0 Å². The first kappa shape index (κ1) is 35.5. The Labute approximate surface area is 303 Å². The molecule has 2 N–H and O–H groups in total. The minimum atomic E-state index is -0.547. The molecule has 0 saturated heterocycles. The molecule has 53 heavy (non-hydrogen) atoms. The molecular weight excluding hydrogens is 676 g/mol. The maximum absolute atomic E-state index is 12.6. The molecule has 0 unspecified atom stereocenters. The van der Waals surface area contributed by atoms with Gasteiger partial charge in [-0.25, -0.2) is 0 Å². The van der Waals surface area contributed by atoms with Gasteiger partial charge in [0.15, 0.2) is 0 Å². The molecule has 0 fully saturated rings. The fraction of sp³-hybridized carbons (Fsp3) is 0.0732. The van der Waals surface area contributed by atoms with E-state index < -0.39 is 21.7 Å². The molecule has 0 aromatic heterocycles. The predicted octanol–water partition coefficient (Wildman–Crippen LogP) is 9.92. The van der Waals surface area contributed by atoms with Crippen molar-refractivity contribution in [3.8, 4) is 23.0 Å². The smallest absolute Gasteiger partial charge is 0.270 e. The zero-order valence-corrected chi connectivity index (χ0v) is 28.5. The molecule has 6 rings (SSSR count). The molecule has 6 aromatic carbocycles. The first-order valence-electron chi connectivity index (χ1n) is 16.3. The lowest BCUT2D eigenvalue weighted by molar-refractivity contribution is -0.385. The minimum absolute atomic E-state index is 0.158. The Bertz CT molecular complexity index is 2130. The van der Waals surface area contributed by atoms with Crippen LogP contribution < -0.4 is 20.1 Å². The Morgan fingerprint density at radius 3 is 1.15 bits per heavy atom. The van der Waals surface area contributed by atoms with Gasteiger partial charge < -0.3 is 20.1 Å². The van der Waals surface area contributed by atoms with E-state index in [0.29, 0.717) is 34.4 Å². The Balaban J connectivity index is 1.02. The molecule has 0 aliphatic heterocycles. The number of hydrogen-bond acceptors (Lipinski definition) is 8. The highest BCUT2D eigenvalue weighted by molar-refractivity contribution is 6.05. The fourth-order valence-electron chi connectivity index (χ4n) is 5.46. The van der Waals surface area contributed by atoms with E-state index in [2.05, 4.69) is 24.5 Å². The number of nitro groups is 2. The van der Waals surface area contributed by atoms with Crippen LogP contribution in [-0.2, 0) is 5.41 Å². The number of carbonyl (C=O) groups is 2. The second-order valence-corrected chi connectivity index (χ2v) is 12.4. The topological polar surface area (TPSA) is 163 Å². The lowest BCUT2D eigenvalue weighted by Gasteiger charge is -2.26. The Hall–Kier alpha value is -7.34. The first-order valence-corrected chi connectivity index (χ1v) is 16.3. The van der Waals surface area contributed by atoms with E-state index in [0.717, 1.165) is 11.1 Å². The van der Waals surface area contributed by atoms with Crippen LogP contribution in [0.2, 0.25) is 0 Å². The van der Waals surface area contributed by atoms with Gasteiger partial charge in [0.25, 0.3) is 23.2 Å². The van der Waals surface area contributed by atoms with Crippen molar-refractivity contribution in [2.24, 2.45) is 0 Å². The molecule has 0 aliphatic rings. The molecule has 0 spiro atoms. The van der Waals surface area contributed by atoms with Crippen molar-refractivity contribution in [2.45, 2.75) is 19.3 Å². The number of hydrogen-bond donors (Lipinski definition) is 2. The van der Waals surface area contributed by atoms with Gasteiger partial charge in [-0.15, -0.1) is 0 Å². The lowest BCUT2D eigenvalue weighted by Crippen LogP contribution is -2.18. The molecule has 0 radical (unpaired) electrons. The minimum Gasteiger partial charge on any atom is -0.457 e. The highest BCUT2D eigenvalue weighted by Gasteiger charge is 2.23. The van der Waals surface area contributed by atoms with E-state index in [4.69, 9.17) is 9.47 Å². The van der Waals surface area contributed by atoms with Gasteiger partial charge in [-0.1, -0.05) is 50.2 Å². The zero-order valence-electron chi connectivity index (χ0n) is 28.5. The number of rotatable bonds is 12. The van der Waals surface area contributed by atoms with Crippen LogP contribution in [0.15, 0.2) is 146 Å². The van der Waals surface area contributed by atoms with E-state index in [9.17, 15) is 29.8 Å². The van der Waals surface area contributed by atoms with Gasteiger partial charge in [-0.3, -0.25) is 29.8 Å². The summed E-state index contributed by atoms with van der Waals surface area (Å²) in [6.45, 7) is 4.25. The molecule has 12 heteroatoms. The summed E-state index contributed by atoms with van der Waals surface area (Å²) in [6.07, 6.45) is 0. The van der Waals surface area contributed by atoms with Crippen LogP contribution in [0, 0.1) is 20.2 Å². The Morgan fingerprint density at radius 1 is 0.509 bits per heavy atom. The molecule has 6 aromatic rings. The summed E-state index contributed by atoms with van der Waals surface area (Å²) < 4.78 is 12.0. The Morgan fingerprint density at radius 2 is 0.830 bits per heavy atom. The third-order valence-corrected chi connectivity index (χ3v) is 8.49. The van der Waals surface area contributed by atoms with Crippen molar-refractivity contribution in [2.75, 3.05) is 10.6 Å². The average Bonchev–Trinajstić information content (AvgIpc) is 3.17. The number of ether oxygens (including phenoxy) is 2. The van der Waals surface area contributed by atoms with Crippen molar-refractivity contribution < 1.29 is 28.9 Å². The van der Waals surface area contributed by atoms with E-state index in [-0.39, 0.29) is 27.9 Å². The number of nitrogens with zero attached hydrogens (tertiary/aromatic N) is 2. The maximum Gasteiger partial charge on any atom is 0.270 e. The van der Waals surface area contributed by atoms with Crippen molar-refractivity contribution in [1.29, 1.82) is 0 Å². The van der Waals surface area contributed by atoms with Gasteiger partial charge in [0, 0.05) is 52.2 Å². The molecule has 2 amide bonds. The predicted molar refractivity (Wildman–Crippen MR) is 200 cm³/mol. The number of carbonyl (C=O) groups excluding carboxylic acids is 2. The maximum atomic E-state index is 12.6. The second-order valence-electron chi connectivity index (χ2n) is 12.4. The summed E-state index contributed by atoms with van der Waals surface area (Å²) in [7, 11) is 0. The van der Waals surface area contributed by atoms with Gasteiger partial charge in [0.1, 0.15) is 23.0 Å². The van der Waals surface area contributed by atoms with Crippen LogP contribution in [0.5, 0.6) is 23.0 Å². The highest BCUT2D eigenvalue weighted by Crippen LogP contribution is 2.35. The van der Waals surface area contributed by atoms with E-state index >= 15 is 0 Å². The highest BCUT2D eigenvalue weighted by atomic mass is 16.6. The van der Waals surface area contributed by atoms with E-state index in [1.165, 1.54) is 48.5 Å².